The zero-order chi connectivity index (χ0) is 15.6. The Balaban J connectivity index is 2.12. The van der Waals surface area contributed by atoms with Crippen molar-refractivity contribution in [3.63, 3.8) is 0 Å². The van der Waals surface area contributed by atoms with E-state index in [-0.39, 0.29) is 11.8 Å². The van der Waals surface area contributed by atoms with E-state index < -0.39 is 0 Å². The van der Waals surface area contributed by atoms with E-state index in [2.05, 4.69) is 5.10 Å². The summed E-state index contributed by atoms with van der Waals surface area (Å²) >= 11 is 0. The minimum Gasteiger partial charge on any atom is -0.395 e. The SMILES string of the molecule is CCC(=O)N1CCCN(C(=O)c2c(N)c(C)nn2C)CC1. The van der Waals surface area contributed by atoms with Crippen molar-refractivity contribution in [3.8, 4) is 0 Å². The summed E-state index contributed by atoms with van der Waals surface area (Å²) in [5.74, 6) is 0.0292. The molecule has 1 saturated heterocycles. The van der Waals surface area contributed by atoms with Gasteiger partial charge in [-0.3, -0.25) is 14.3 Å². The quantitative estimate of drug-likeness (QED) is 0.855. The zero-order valence-corrected chi connectivity index (χ0v) is 12.9. The number of amides is 2. The fourth-order valence-corrected chi connectivity index (χ4v) is 2.67. The molecular formula is C14H23N5O2. The second-order valence-electron chi connectivity index (χ2n) is 5.35. The predicted octanol–water partition coefficient (Wildman–Crippen LogP) is 0.395. The summed E-state index contributed by atoms with van der Waals surface area (Å²) < 4.78 is 1.53. The number of hydrogen-bond acceptors (Lipinski definition) is 4. The highest BCUT2D eigenvalue weighted by atomic mass is 16.2. The third-order valence-electron chi connectivity index (χ3n) is 3.91. The van der Waals surface area contributed by atoms with E-state index in [1.54, 1.807) is 18.9 Å². The van der Waals surface area contributed by atoms with Crippen LogP contribution in [-0.4, -0.2) is 57.6 Å². The van der Waals surface area contributed by atoms with Gasteiger partial charge in [-0.2, -0.15) is 5.10 Å². The lowest BCUT2D eigenvalue weighted by molar-refractivity contribution is -0.130. The first-order valence-electron chi connectivity index (χ1n) is 7.31. The Bertz CT molecular complexity index is 552. The van der Waals surface area contributed by atoms with Gasteiger partial charge in [-0.05, 0) is 13.3 Å². The fourth-order valence-electron chi connectivity index (χ4n) is 2.67. The van der Waals surface area contributed by atoms with Crippen molar-refractivity contribution in [2.24, 2.45) is 7.05 Å². The third-order valence-corrected chi connectivity index (χ3v) is 3.91. The molecule has 0 bridgehead atoms. The van der Waals surface area contributed by atoms with Crippen LogP contribution in [0.1, 0.15) is 35.9 Å². The Hall–Kier alpha value is -2.05. The van der Waals surface area contributed by atoms with Gasteiger partial charge in [0.1, 0.15) is 5.69 Å². The highest BCUT2D eigenvalue weighted by molar-refractivity contribution is 5.98. The molecule has 21 heavy (non-hydrogen) atoms. The summed E-state index contributed by atoms with van der Waals surface area (Å²) in [6, 6.07) is 0. The van der Waals surface area contributed by atoms with Crippen LogP contribution >= 0.6 is 0 Å². The molecule has 0 radical (unpaired) electrons. The molecule has 0 unspecified atom stereocenters. The Kier molecular flexibility index (Phi) is 4.50. The summed E-state index contributed by atoms with van der Waals surface area (Å²) in [7, 11) is 1.72. The number of carbonyl (C=O) groups excluding carboxylic acids is 2. The molecule has 0 atom stereocenters. The van der Waals surface area contributed by atoms with E-state index in [4.69, 9.17) is 5.73 Å². The smallest absolute Gasteiger partial charge is 0.274 e. The molecule has 0 aromatic carbocycles. The Labute approximate surface area is 124 Å². The molecule has 2 rings (SSSR count). The maximum Gasteiger partial charge on any atom is 0.274 e. The molecule has 1 aromatic heterocycles. The average Bonchev–Trinajstić information content (AvgIpc) is 2.65. The monoisotopic (exact) mass is 293 g/mol. The lowest BCUT2D eigenvalue weighted by atomic mass is 10.2. The zero-order valence-electron chi connectivity index (χ0n) is 12.9. The van der Waals surface area contributed by atoms with Crippen LogP contribution in [0.4, 0.5) is 5.69 Å². The van der Waals surface area contributed by atoms with Crippen LogP contribution in [0.15, 0.2) is 0 Å². The van der Waals surface area contributed by atoms with Crippen molar-refractivity contribution in [1.29, 1.82) is 0 Å². The average molecular weight is 293 g/mol. The summed E-state index contributed by atoms with van der Waals surface area (Å²) in [5, 5.41) is 4.19. The number of aryl methyl sites for hydroxylation is 2. The van der Waals surface area contributed by atoms with Crippen LogP contribution in [0.2, 0.25) is 0 Å². The summed E-state index contributed by atoms with van der Waals surface area (Å²) in [4.78, 5) is 28.0. The highest BCUT2D eigenvalue weighted by Crippen LogP contribution is 2.18. The number of rotatable bonds is 2. The Morgan fingerprint density at radius 3 is 2.38 bits per heavy atom. The summed E-state index contributed by atoms with van der Waals surface area (Å²) in [5.41, 5.74) is 7.49. The molecule has 7 heteroatoms. The third kappa shape index (κ3) is 3.01. The largest absolute Gasteiger partial charge is 0.395 e. The lowest BCUT2D eigenvalue weighted by Gasteiger charge is -2.22. The van der Waals surface area contributed by atoms with Crippen molar-refractivity contribution in [2.75, 3.05) is 31.9 Å². The fraction of sp³-hybridized carbons (Fsp3) is 0.643. The Morgan fingerprint density at radius 2 is 1.81 bits per heavy atom. The molecular weight excluding hydrogens is 270 g/mol. The number of hydrogen-bond donors (Lipinski definition) is 1. The van der Waals surface area contributed by atoms with Gasteiger partial charge in [0.15, 0.2) is 0 Å². The van der Waals surface area contributed by atoms with Crippen LogP contribution in [0, 0.1) is 6.92 Å². The molecule has 1 aliphatic rings. The van der Waals surface area contributed by atoms with Crippen LogP contribution in [0.3, 0.4) is 0 Å². The first-order chi connectivity index (χ1) is 9.95. The maximum absolute atomic E-state index is 12.6. The summed E-state index contributed by atoms with van der Waals surface area (Å²) in [6.45, 7) is 6.10. The van der Waals surface area contributed by atoms with E-state index in [0.29, 0.717) is 49.7 Å². The number of nitrogens with zero attached hydrogens (tertiary/aromatic N) is 4. The molecule has 2 N–H and O–H groups in total. The van der Waals surface area contributed by atoms with E-state index in [1.165, 1.54) is 4.68 Å². The van der Waals surface area contributed by atoms with Crippen molar-refractivity contribution in [1.82, 2.24) is 19.6 Å². The maximum atomic E-state index is 12.6. The molecule has 0 aliphatic carbocycles. The normalized spacial score (nSPS) is 16.0. The van der Waals surface area contributed by atoms with Crippen LogP contribution in [0.5, 0.6) is 0 Å². The first-order valence-corrected chi connectivity index (χ1v) is 7.31. The number of nitrogen functional groups attached to an aromatic ring is 1. The van der Waals surface area contributed by atoms with E-state index in [1.807, 2.05) is 11.8 Å². The van der Waals surface area contributed by atoms with Crippen LogP contribution in [0.25, 0.3) is 0 Å². The second-order valence-corrected chi connectivity index (χ2v) is 5.35. The first kappa shape index (κ1) is 15.3. The highest BCUT2D eigenvalue weighted by Gasteiger charge is 2.26. The van der Waals surface area contributed by atoms with Crippen molar-refractivity contribution < 1.29 is 9.59 Å². The van der Waals surface area contributed by atoms with Crippen molar-refractivity contribution >= 4 is 17.5 Å². The molecule has 2 heterocycles. The van der Waals surface area contributed by atoms with Gasteiger partial charge >= 0.3 is 0 Å². The van der Waals surface area contributed by atoms with Gasteiger partial charge in [0.25, 0.3) is 5.91 Å². The van der Waals surface area contributed by atoms with E-state index >= 15 is 0 Å². The van der Waals surface area contributed by atoms with Gasteiger partial charge in [0, 0.05) is 39.6 Å². The molecule has 7 nitrogen and oxygen atoms in total. The van der Waals surface area contributed by atoms with Gasteiger partial charge in [-0.1, -0.05) is 6.92 Å². The molecule has 2 amide bonds. The molecule has 1 aromatic rings. The number of anilines is 1. The predicted molar refractivity (Wildman–Crippen MR) is 79.7 cm³/mol. The van der Waals surface area contributed by atoms with E-state index in [9.17, 15) is 9.59 Å². The number of carbonyl (C=O) groups is 2. The topological polar surface area (TPSA) is 84.5 Å². The standard InChI is InChI=1S/C14H23N5O2/c1-4-11(20)18-6-5-7-19(9-8-18)14(21)13-12(15)10(2)16-17(13)3/h4-9,15H2,1-3H3. The van der Waals surface area contributed by atoms with Gasteiger partial charge in [-0.25, -0.2) is 0 Å². The lowest BCUT2D eigenvalue weighted by Crippen LogP contribution is -2.38. The number of aromatic nitrogens is 2. The molecule has 1 aliphatic heterocycles. The van der Waals surface area contributed by atoms with Crippen LogP contribution in [-0.2, 0) is 11.8 Å². The minimum atomic E-state index is -0.110. The molecule has 0 spiro atoms. The van der Waals surface area contributed by atoms with E-state index in [0.717, 1.165) is 6.42 Å². The van der Waals surface area contributed by atoms with Crippen LogP contribution < -0.4 is 5.73 Å². The second kappa shape index (κ2) is 6.15. The minimum absolute atomic E-state index is 0.110. The molecule has 116 valence electrons. The number of nitrogens with two attached hydrogens (primary N) is 1. The Morgan fingerprint density at radius 1 is 1.19 bits per heavy atom. The van der Waals surface area contributed by atoms with Gasteiger partial charge in [-0.15, -0.1) is 0 Å². The van der Waals surface area contributed by atoms with Gasteiger partial charge in [0.05, 0.1) is 11.4 Å². The molecule has 1 fully saturated rings. The summed E-state index contributed by atoms with van der Waals surface area (Å²) in [6.07, 6.45) is 1.29. The van der Waals surface area contributed by atoms with Gasteiger partial charge in [0.2, 0.25) is 5.91 Å². The van der Waals surface area contributed by atoms with Crippen molar-refractivity contribution in [3.05, 3.63) is 11.4 Å². The van der Waals surface area contributed by atoms with Crippen molar-refractivity contribution in [2.45, 2.75) is 26.7 Å². The molecule has 0 saturated carbocycles. The van der Waals surface area contributed by atoms with Gasteiger partial charge < -0.3 is 15.5 Å².